The number of nitrogens with two attached hydrogens (primary N) is 1. The quantitative estimate of drug-likeness (QED) is 0.179. The molecule has 1 saturated carbocycles. The lowest BCUT2D eigenvalue weighted by Gasteiger charge is -2.40. The summed E-state index contributed by atoms with van der Waals surface area (Å²) >= 11 is 1.51. The summed E-state index contributed by atoms with van der Waals surface area (Å²) in [6.07, 6.45) is 6.99. The lowest BCUT2D eigenvalue weighted by molar-refractivity contribution is 0.00446. The Bertz CT molecular complexity index is 1460. The largest absolute Gasteiger partial charge is 0.396 e. The molecule has 5 heterocycles. The zero-order valence-corrected chi connectivity index (χ0v) is 23.6. The number of nitrogens with one attached hydrogen (secondary N) is 2. The maximum absolute atomic E-state index is 10.7. The van der Waals surface area contributed by atoms with Gasteiger partial charge < -0.3 is 36.6 Å². The number of anilines is 3. The summed E-state index contributed by atoms with van der Waals surface area (Å²) < 4.78 is 0.988. The molecule has 0 spiro atoms. The van der Waals surface area contributed by atoms with E-state index in [4.69, 9.17) is 20.7 Å². The lowest BCUT2D eigenvalue weighted by atomic mass is 9.88. The van der Waals surface area contributed by atoms with Crippen molar-refractivity contribution in [1.29, 1.82) is 0 Å². The highest BCUT2D eigenvalue weighted by Crippen LogP contribution is 2.38. The van der Waals surface area contributed by atoms with Gasteiger partial charge >= 0.3 is 0 Å². The van der Waals surface area contributed by atoms with Crippen LogP contribution in [0.1, 0.15) is 25.0 Å². The maximum atomic E-state index is 10.7. The van der Waals surface area contributed by atoms with Crippen LogP contribution in [0, 0.1) is 12.8 Å². The zero-order chi connectivity index (χ0) is 28.6. The van der Waals surface area contributed by atoms with Gasteiger partial charge in [0.15, 0.2) is 0 Å². The van der Waals surface area contributed by atoms with Crippen LogP contribution in [-0.2, 0) is 0 Å². The van der Waals surface area contributed by atoms with Gasteiger partial charge in [-0.05, 0) is 44.4 Å². The first-order chi connectivity index (χ1) is 19.8. The molecule has 1 aliphatic heterocycles. The standard InChI is InChI=1S/C28H35N9O3S/c1-16-22(26-35-20-13-31-9-4-21(20)41-26)25(34-19-12-17(14-38)23(39)24(19)40)36-27(33-16)32-15-28(29)5-10-37(11-6-28)18-2-7-30-8-3-18/h2-4,7-9,13,17,19,23-24,38-40H,5-6,10-12,14-15,29H2,1H3,(H2,32,33,34,36)/t17-,19-,23-,24+/m1/s1. The number of aliphatic hydroxyl groups excluding tert-OH is 3. The van der Waals surface area contributed by atoms with Gasteiger partial charge in [0.25, 0.3) is 0 Å². The molecule has 2 fully saturated rings. The molecule has 0 radical (unpaired) electrons. The van der Waals surface area contributed by atoms with Gasteiger partial charge in [0.05, 0.1) is 34.3 Å². The highest BCUT2D eigenvalue weighted by Gasteiger charge is 2.41. The van der Waals surface area contributed by atoms with Crippen LogP contribution in [0.15, 0.2) is 43.0 Å². The first-order valence-electron chi connectivity index (χ1n) is 13.8. The van der Waals surface area contributed by atoms with Gasteiger partial charge in [0.1, 0.15) is 22.4 Å². The van der Waals surface area contributed by atoms with Crippen LogP contribution < -0.4 is 21.3 Å². The predicted molar refractivity (Wildman–Crippen MR) is 159 cm³/mol. The van der Waals surface area contributed by atoms with E-state index in [0.717, 1.165) is 52.4 Å². The number of hydrogen-bond acceptors (Lipinski definition) is 13. The molecular weight excluding hydrogens is 542 g/mol. The van der Waals surface area contributed by atoms with E-state index >= 15 is 0 Å². The Morgan fingerprint density at radius 3 is 2.51 bits per heavy atom. The topological polar surface area (TPSA) is 178 Å². The Kier molecular flexibility index (Phi) is 7.70. The molecule has 12 nitrogen and oxygen atoms in total. The monoisotopic (exact) mass is 577 g/mol. The molecule has 0 aromatic carbocycles. The van der Waals surface area contributed by atoms with E-state index in [9.17, 15) is 15.3 Å². The van der Waals surface area contributed by atoms with Gasteiger partial charge in [-0.2, -0.15) is 4.98 Å². The van der Waals surface area contributed by atoms with Gasteiger partial charge in [-0.3, -0.25) is 9.97 Å². The number of aryl methyl sites for hydroxylation is 1. The molecule has 41 heavy (non-hydrogen) atoms. The van der Waals surface area contributed by atoms with E-state index in [1.165, 1.54) is 11.3 Å². The molecule has 216 valence electrons. The van der Waals surface area contributed by atoms with Gasteiger partial charge in [-0.25, -0.2) is 9.97 Å². The first kappa shape index (κ1) is 27.7. The number of piperidine rings is 1. The van der Waals surface area contributed by atoms with Crippen molar-refractivity contribution in [2.75, 3.05) is 41.8 Å². The second-order valence-electron chi connectivity index (χ2n) is 11.0. The number of rotatable bonds is 8. The van der Waals surface area contributed by atoms with Gasteiger partial charge in [0, 0.05) is 62.0 Å². The zero-order valence-electron chi connectivity index (χ0n) is 22.8. The van der Waals surface area contributed by atoms with Crippen molar-refractivity contribution in [3.63, 3.8) is 0 Å². The normalized spacial score (nSPS) is 24.1. The minimum absolute atomic E-state index is 0.207. The summed E-state index contributed by atoms with van der Waals surface area (Å²) in [7, 11) is 0. The average molecular weight is 578 g/mol. The van der Waals surface area contributed by atoms with Crippen molar-refractivity contribution in [1.82, 2.24) is 24.9 Å². The summed E-state index contributed by atoms with van der Waals surface area (Å²) in [6, 6.07) is 5.44. The average Bonchev–Trinajstić information content (AvgIpc) is 3.53. The Labute approximate surface area is 241 Å². The minimum Gasteiger partial charge on any atom is -0.396 e. The number of aliphatic hydroxyl groups is 3. The van der Waals surface area contributed by atoms with E-state index in [2.05, 4.69) is 25.5 Å². The molecule has 7 N–H and O–H groups in total. The van der Waals surface area contributed by atoms with Crippen molar-refractivity contribution >= 4 is 39.0 Å². The number of pyridine rings is 2. The lowest BCUT2D eigenvalue weighted by Crippen LogP contribution is -2.54. The number of thiazole rings is 1. The second kappa shape index (κ2) is 11.4. The van der Waals surface area contributed by atoms with Crippen molar-refractivity contribution < 1.29 is 15.3 Å². The molecule has 13 heteroatoms. The molecule has 0 amide bonds. The van der Waals surface area contributed by atoms with Crippen LogP contribution in [0.25, 0.3) is 20.8 Å². The number of fused-ring (bicyclic) bond motifs is 1. The van der Waals surface area contributed by atoms with E-state index in [1.807, 2.05) is 25.1 Å². The van der Waals surface area contributed by atoms with Crippen LogP contribution in [0.2, 0.25) is 0 Å². The highest BCUT2D eigenvalue weighted by molar-refractivity contribution is 7.21. The van der Waals surface area contributed by atoms with Crippen molar-refractivity contribution in [2.45, 2.75) is 50.0 Å². The predicted octanol–water partition coefficient (Wildman–Crippen LogP) is 1.78. The third-order valence-electron chi connectivity index (χ3n) is 8.24. The fourth-order valence-electron chi connectivity index (χ4n) is 5.72. The SMILES string of the molecule is Cc1nc(NCC2(N)CCN(c3ccncc3)CC2)nc(N[C@@H]2C[C@H](CO)[C@@H](O)[C@H]2O)c1-c1nc2cnccc2s1. The molecule has 4 aromatic rings. The maximum Gasteiger partial charge on any atom is 0.224 e. The number of hydrogen-bond donors (Lipinski definition) is 6. The molecule has 1 saturated heterocycles. The van der Waals surface area contributed by atoms with Crippen molar-refractivity contribution in [3.05, 3.63) is 48.7 Å². The van der Waals surface area contributed by atoms with E-state index in [0.29, 0.717) is 30.4 Å². The molecule has 4 atom stereocenters. The number of nitrogens with zero attached hydrogens (tertiary/aromatic N) is 6. The molecule has 1 aliphatic carbocycles. The summed E-state index contributed by atoms with van der Waals surface area (Å²) in [5.41, 5.74) is 9.74. The van der Waals surface area contributed by atoms with Gasteiger partial charge in [-0.15, -0.1) is 11.3 Å². The van der Waals surface area contributed by atoms with E-state index in [-0.39, 0.29) is 6.61 Å². The minimum atomic E-state index is -1.05. The van der Waals surface area contributed by atoms with Crippen LogP contribution in [0.4, 0.5) is 17.5 Å². The van der Waals surface area contributed by atoms with Crippen molar-refractivity contribution in [3.8, 4) is 10.6 Å². The third-order valence-corrected chi connectivity index (χ3v) is 9.29. The van der Waals surface area contributed by atoms with Crippen LogP contribution in [-0.4, -0.2) is 90.3 Å². The van der Waals surface area contributed by atoms with Crippen LogP contribution >= 0.6 is 11.3 Å². The molecule has 0 unspecified atom stereocenters. The highest BCUT2D eigenvalue weighted by atomic mass is 32.1. The summed E-state index contributed by atoms with van der Waals surface area (Å²) in [6.45, 7) is 3.88. The first-order valence-corrected chi connectivity index (χ1v) is 14.7. The second-order valence-corrected chi connectivity index (χ2v) is 12.1. The van der Waals surface area contributed by atoms with E-state index < -0.39 is 29.7 Å². The molecule has 4 aromatic heterocycles. The van der Waals surface area contributed by atoms with Gasteiger partial charge in [0.2, 0.25) is 5.95 Å². The Hall–Kier alpha value is -3.49. The third kappa shape index (κ3) is 5.68. The van der Waals surface area contributed by atoms with Gasteiger partial charge in [-0.1, -0.05) is 0 Å². The summed E-state index contributed by atoms with van der Waals surface area (Å²) in [5, 5.41) is 38.2. The van der Waals surface area contributed by atoms with Crippen LogP contribution in [0.3, 0.4) is 0 Å². The smallest absolute Gasteiger partial charge is 0.224 e. The van der Waals surface area contributed by atoms with Crippen molar-refractivity contribution in [2.24, 2.45) is 11.7 Å². The summed E-state index contributed by atoms with van der Waals surface area (Å²) in [4.78, 5) is 25.0. The fraction of sp³-hybridized carbons (Fsp3) is 0.464. The Morgan fingerprint density at radius 1 is 1.05 bits per heavy atom. The Morgan fingerprint density at radius 2 is 1.80 bits per heavy atom. The molecule has 0 bridgehead atoms. The molecule has 2 aliphatic rings. The van der Waals surface area contributed by atoms with E-state index in [1.54, 1.807) is 24.8 Å². The molecule has 6 rings (SSSR count). The Balaban J connectivity index is 1.24. The van der Waals surface area contributed by atoms with Crippen LogP contribution in [0.5, 0.6) is 0 Å². The fourth-order valence-corrected chi connectivity index (χ4v) is 6.75. The molecular formula is C28H35N9O3S. The number of aromatic nitrogens is 5. The summed E-state index contributed by atoms with van der Waals surface area (Å²) in [5.74, 6) is 0.500.